The van der Waals surface area contributed by atoms with Crippen molar-refractivity contribution in [2.24, 2.45) is 0 Å². The fraction of sp³-hybridized carbons (Fsp3) is 0.368. The molecule has 0 aliphatic carbocycles. The second-order valence-electron chi connectivity index (χ2n) is 6.53. The number of halogens is 2. The minimum absolute atomic E-state index is 0.0237. The SMILES string of the molecule is Fc1ccc(C2CC(c3ccc([C@H]4CNCCO4)cc3F)NN2)cc1. The van der Waals surface area contributed by atoms with E-state index in [-0.39, 0.29) is 29.8 Å². The van der Waals surface area contributed by atoms with Gasteiger partial charge in [-0.25, -0.2) is 19.6 Å². The molecule has 132 valence electrons. The summed E-state index contributed by atoms with van der Waals surface area (Å²) in [7, 11) is 0. The van der Waals surface area contributed by atoms with Crippen molar-refractivity contribution in [1.29, 1.82) is 0 Å². The zero-order valence-corrected chi connectivity index (χ0v) is 13.8. The number of hydrogen-bond acceptors (Lipinski definition) is 4. The van der Waals surface area contributed by atoms with E-state index in [0.717, 1.165) is 17.7 Å². The molecule has 2 saturated heterocycles. The molecule has 0 radical (unpaired) electrons. The van der Waals surface area contributed by atoms with Gasteiger partial charge in [-0.05, 0) is 35.7 Å². The maximum Gasteiger partial charge on any atom is 0.128 e. The first-order valence-corrected chi connectivity index (χ1v) is 8.59. The lowest BCUT2D eigenvalue weighted by molar-refractivity contribution is 0.0275. The van der Waals surface area contributed by atoms with Crippen molar-refractivity contribution < 1.29 is 13.5 Å². The van der Waals surface area contributed by atoms with Crippen LogP contribution in [0, 0.1) is 11.6 Å². The van der Waals surface area contributed by atoms with E-state index in [1.165, 1.54) is 12.1 Å². The first-order valence-electron chi connectivity index (χ1n) is 8.59. The molecule has 0 spiro atoms. The highest BCUT2D eigenvalue weighted by molar-refractivity contribution is 5.30. The molecule has 2 aromatic carbocycles. The Bertz CT molecular complexity index is 732. The molecule has 25 heavy (non-hydrogen) atoms. The lowest BCUT2D eigenvalue weighted by atomic mass is 9.96. The van der Waals surface area contributed by atoms with Gasteiger partial charge in [0, 0.05) is 24.7 Å². The lowest BCUT2D eigenvalue weighted by Crippen LogP contribution is -2.33. The monoisotopic (exact) mass is 345 g/mol. The van der Waals surface area contributed by atoms with Crippen LogP contribution in [0.4, 0.5) is 8.78 Å². The van der Waals surface area contributed by atoms with Gasteiger partial charge in [-0.2, -0.15) is 0 Å². The Morgan fingerprint density at radius 3 is 2.40 bits per heavy atom. The Morgan fingerprint density at radius 1 is 0.920 bits per heavy atom. The third-order valence-electron chi connectivity index (χ3n) is 4.87. The van der Waals surface area contributed by atoms with Crippen molar-refractivity contribution >= 4 is 0 Å². The Kier molecular flexibility index (Phi) is 4.76. The van der Waals surface area contributed by atoms with Crippen molar-refractivity contribution in [3.63, 3.8) is 0 Å². The van der Waals surface area contributed by atoms with Crippen LogP contribution in [-0.2, 0) is 4.74 Å². The summed E-state index contributed by atoms with van der Waals surface area (Å²) in [6.07, 6.45) is 0.600. The van der Waals surface area contributed by atoms with Gasteiger partial charge in [0.05, 0.1) is 18.8 Å². The molecular formula is C19H21F2N3O. The highest BCUT2D eigenvalue weighted by atomic mass is 19.1. The summed E-state index contributed by atoms with van der Waals surface area (Å²) in [5, 5.41) is 3.25. The van der Waals surface area contributed by atoms with Gasteiger partial charge in [-0.15, -0.1) is 0 Å². The fourth-order valence-corrected chi connectivity index (χ4v) is 3.48. The molecule has 2 aliphatic heterocycles. The second kappa shape index (κ2) is 7.17. The van der Waals surface area contributed by atoms with Crippen molar-refractivity contribution in [2.75, 3.05) is 19.7 Å². The van der Waals surface area contributed by atoms with Gasteiger partial charge in [-0.3, -0.25) is 0 Å². The predicted octanol–water partition coefficient (Wildman–Crippen LogP) is 2.91. The van der Waals surface area contributed by atoms with Crippen LogP contribution in [0.5, 0.6) is 0 Å². The molecule has 3 atom stereocenters. The maximum atomic E-state index is 14.6. The zero-order chi connectivity index (χ0) is 17.2. The molecule has 6 heteroatoms. The molecule has 2 aliphatic rings. The summed E-state index contributed by atoms with van der Waals surface area (Å²) in [6, 6.07) is 11.6. The van der Waals surface area contributed by atoms with Gasteiger partial charge < -0.3 is 10.1 Å². The first kappa shape index (κ1) is 16.6. The van der Waals surface area contributed by atoms with Gasteiger partial charge in [0.2, 0.25) is 0 Å². The predicted molar refractivity (Wildman–Crippen MR) is 90.7 cm³/mol. The topological polar surface area (TPSA) is 45.3 Å². The Morgan fingerprint density at radius 2 is 1.68 bits per heavy atom. The number of hydrazine groups is 1. The molecule has 4 nitrogen and oxygen atoms in total. The van der Waals surface area contributed by atoms with Gasteiger partial charge >= 0.3 is 0 Å². The summed E-state index contributed by atoms with van der Waals surface area (Å²) in [6.45, 7) is 2.18. The lowest BCUT2D eigenvalue weighted by Gasteiger charge is -2.24. The summed E-state index contributed by atoms with van der Waals surface area (Å²) >= 11 is 0. The molecule has 0 saturated carbocycles. The van der Waals surface area contributed by atoms with Crippen molar-refractivity contribution in [2.45, 2.75) is 24.6 Å². The Labute approximate surface area is 145 Å². The highest BCUT2D eigenvalue weighted by Gasteiger charge is 2.28. The van der Waals surface area contributed by atoms with Crippen LogP contribution in [0.1, 0.15) is 41.3 Å². The van der Waals surface area contributed by atoms with Gasteiger partial charge in [-0.1, -0.05) is 24.3 Å². The van der Waals surface area contributed by atoms with Crippen molar-refractivity contribution in [3.05, 3.63) is 70.8 Å². The third-order valence-corrected chi connectivity index (χ3v) is 4.87. The molecule has 2 unspecified atom stereocenters. The van der Waals surface area contributed by atoms with Crippen LogP contribution in [-0.4, -0.2) is 19.7 Å². The van der Waals surface area contributed by atoms with Crippen LogP contribution < -0.4 is 16.2 Å². The van der Waals surface area contributed by atoms with E-state index in [9.17, 15) is 8.78 Å². The third kappa shape index (κ3) is 3.57. The standard InChI is InChI=1S/C19H21F2N3O/c20-14-4-1-12(2-5-14)17-10-18(24-23-17)15-6-3-13(9-16(15)21)19-11-22-7-8-25-19/h1-6,9,17-19,22-24H,7-8,10-11H2/t17?,18?,19-/m1/s1. The maximum absolute atomic E-state index is 14.6. The average molecular weight is 345 g/mol. The minimum atomic E-state index is -0.257. The summed E-state index contributed by atoms with van der Waals surface area (Å²) in [5.41, 5.74) is 8.79. The van der Waals surface area contributed by atoms with Gasteiger partial charge in [0.25, 0.3) is 0 Å². The van der Waals surface area contributed by atoms with Crippen LogP contribution in [0.25, 0.3) is 0 Å². The van der Waals surface area contributed by atoms with Crippen LogP contribution in [0.2, 0.25) is 0 Å². The summed E-state index contributed by atoms with van der Waals surface area (Å²) in [5.74, 6) is -0.488. The van der Waals surface area contributed by atoms with Crippen LogP contribution >= 0.6 is 0 Å². The number of morpholine rings is 1. The first-order chi connectivity index (χ1) is 12.2. The van der Waals surface area contributed by atoms with E-state index in [2.05, 4.69) is 16.2 Å². The van der Waals surface area contributed by atoms with Crippen molar-refractivity contribution in [3.8, 4) is 0 Å². The average Bonchev–Trinajstić information content (AvgIpc) is 3.13. The minimum Gasteiger partial charge on any atom is -0.371 e. The van der Waals surface area contributed by atoms with Gasteiger partial charge in [0.1, 0.15) is 11.6 Å². The fourth-order valence-electron chi connectivity index (χ4n) is 3.48. The largest absolute Gasteiger partial charge is 0.371 e. The van der Waals surface area contributed by atoms with E-state index < -0.39 is 0 Å². The highest BCUT2D eigenvalue weighted by Crippen LogP contribution is 2.33. The normalized spacial score (nSPS) is 26.7. The molecule has 0 bridgehead atoms. The quantitative estimate of drug-likeness (QED) is 0.800. The van der Waals surface area contributed by atoms with Crippen LogP contribution in [0.3, 0.4) is 0 Å². The number of rotatable bonds is 3. The molecule has 0 aromatic heterocycles. The summed E-state index contributed by atoms with van der Waals surface area (Å²) < 4.78 is 33.4. The molecule has 2 aromatic rings. The Hall–Kier alpha value is -1.86. The smallest absolute Gasteiger partial charge is 0.128 e. The van der Waals surface area contributed by atoms with E-state index in [0.29, 0.717) is 25.1 Å². The zero-order valence-electron chi connectivity index (χ0n) is 13.8. The molecule has 3 N–H and O–H groups in total. The Balaban J connectivity index is 1.47. The number of nitrogens with one attached hydrogen (secondary N) is 3. The number of hydrogen-bond donors (Lipinski definition) is 3. The molecule has 2 heterocycles. The van der Waals surface area contributed by atoms with Crippen molar-refractivity contribution in [1.82, 2.24) is 16.2 Å². The summed E-state index contributed by atoms with van der Waals surface area (Å²) in [4.78, 5) is 0. The molecule has 4 rings (SSSR count). The van der Waals surface area contributed by atoms with E-state index in [1.54, 1.807) is 18.2 Å². The van der Waals surface area contributed by atoms with Gasteiger partial charge in [0.15, 0.2) is 0 Å². The molecular weight excluding hydrogens is 324 g/mol. The molecule has 2 fully saturated rings. The van der Waals surface area contributed by atoms with E-state index in [1.807, 2.05) is 12.1 Å². The van der Waals surface area contributed by atoms with Crippen LogP contribution in [0.15, 0.2) is 42.5 Å². The van der Waals surface area contributed by atoms with E-state index >= 15 is 0 Å². The second-order valence-corrected chi connectivity index (χ2v) is 6.53. The number of ether oxygens (including phenoxy) is 1. The molecule has 0 amide bonds. The number of benzene rings is 2. The van der Waals surface area contributed by atoms with E-state index in [4.69, 9.17) is 4.74 Å².